The van der Waals surface area contributed by atoms with Gasteiger partial charge in [0.2, 0.25) is 0 Å². The normalized spacial score (nSPS) is 18.3. The van der Waals surface area contributed by atoms with Crippen LogP contribution in [-0.2, 0) is 6.54 Å². The minimum absolute atomic E-state index is 0.0323. The summed E-state index contributed by atoms with van der Waals surface area (Å²) in [7, 11) is 0. The first kappa shape index (κ1) is 15.5. The number of aromatic nitrogens is 2. The van der Waals surface area contributed by atoms with Crippen LogP contribution in [0.15, 0.2) is 64.0 Å². The molecule has 0 amide bonds. The Morgan fingerprint density at radius 2 is 2.00 bits per heavy atom. The van der Waals surface area contributed by atoms with Crippen LogP contribution >= 0.6 is 15.9 Å². The second-order valence-corrected chi connectivity index (χ2v) is 7.21. The Hall–Kier alpha value is -1.98. The highest BCUT2D eigenvalue weighted by Gasteiger charge is 2.24. The highest BCUT2D eigenvalue weighted by Crippen LogP contribution is 2.27. The summed E-state index contributed by atoms with van der Waals surface area (Å²) in [5.74, 6) is 0.573. The lowest BCUT2D eigenvalue weighted by Crippen LogP contribution is -2.23. The van der Waals surface area contributed by atoms with Gasteiger partial charge in [-0.3, -0.25) is 14.1 Å². The standard InChI is InChI=1S/C19H18BrN3O/c20-16-6-7-18-21-17(10-19(24)23(18)12-16)13-22-9-8-15(11-22)14-4-2-1-3-5-14/h1-7,10,12,15H,8-9,11,13H2. The van der Waals surface area contributed by atoms with Gasteiger partial charge >= 0.3 is 0 Å². The molecule has 1 atom stereocenters. The zero-order valence-electron chi connectivity index (χ0n) is 13.2. The molecular formula is C19H18BrN3O. The fourth-order valence-electron chi connectivity index (χ4n) is 3.41. The molecule has 24 heavy (non-hydrogen) atoms. The van der Waals surface area contributed by atoms with Gasteiger partial charge in [-0.2, -0.15) is 0 Å². The third-order valence-corrected chi connectivity index (χ3v) is 5.07. The summed E-state index contributed by atoms with van der Waals surface area (Å²) in [4.78, 5) is 19.3. The maximum Gasteiger partial charge on any atom is 0.258 e. The van der Waals surface area contributed by atoms with E-state index in [9.17, 15) is 4.79 Å². The van der Waals surface area contributed by atoms with E-state index in [1.807, 2.05) is 12.1 Å². The number of nitrogens with zero attached hydrogens (tertiary/aromatic N) is 3. The SMILES string of the molecule is O=c1cc(CN2CCC(c3ccccc3)C2)nc2ccc(Br)cn12. The molecule has 3 aromatic rings. The van der Waals surface area contributed by atoms with E-state index in [4.69, 9.17) is 0 Å². The van der Waals surface area contributed by atoms with Crippen LogP contribution in [0.2, 0.25) is 0 Å². The molecule has 0 bridgehead atoms. The molecule has 0 N–H and O–H groups in total. The number of benzene rings is 1. The highest BCUT2D eigenvalue weighted by molar-refractivity contribution is 9.10. The van der Waals surface area contributed by atoms with Crippen molar-refractivity contribution in [1.29, 1.82) is 0 Å². The van der Waals surface area contributed by atoms with E-state index in [1.165, 1.54) is 5.56 Å². The van der Waals surface area contributed by atoms with Gasteiger partial charge in [0, 0.05) is 29.8 Å². The van der Waals surface area contributed by atoms with Crippen molar-refractivity contribution in [1.82, 2.24) is 14.3 Å². The zero-order valence-corrected chi connectivity index (χ0v) is 14.8. The Morgan fingerprint density at radius 1 is 1.17 bits per heavy atom. The van der Waals surface area contributed by atoms with Gasteiger partial charge in [-0.15, -0.1) is 0 Å². The number of pyridine rings is 1. The molecule has 0 radical (unpaired) electrons. The average Bonchev–Trinajstić information content (AvgIpc) is 3.05. The van der Waals surface area contributed by atoms with Crippen molar-refractivity contribution in [2.24, 2.45) is 0 Å². The van der Waals surface area contributed by atoms with Gasteiger partial charge in [0.25, 0.3) is 5.56 Å². The van der Waals surface area contributed by atoms with Crippen molar-refractivity contribution in [2.75, 3.05) is 13.1 Å². The van der Waals surface area contributed by atoms with Gasteiger partial charge in [0.05, 0.1) is 5.69 Å². The Balaban J connectivity index is 1.53. The Kier molecular flexibility index (Phi) is 4.21. The van der Waals surface area contributed by atoms with E-state index in [-0.39, 0.29) is 5.56 Å². The molecule has 5 heteroatoms. The maximum absolute atomic E-state index is 12.3. The van der Waals surface area contributed by atoms with Crippen LogP contribution < -0.4 is 5.56 Å². The van der Waals surface area contributed by atoms with Crippen molar-refractivity contribution in [3.8, 4) is 0 Å². The first-order chi connectivity index (χ1) is 11.7. The van der Waals surface area contributed by atoms with E-state index in [0.717, 1.165) is 36.2 Å². The first-order valence-corrected chi connectivity index (χ1v) is 8.93. The fourth-order valence-corrected chi connectivity index (χ4v) is 3.75. The van der Waals surface area contributed by atoms with Crippen LogP contribution in [-0.4, -0.2) is 27.4 Å². The maximum atomic E-state index is 12.3. The molecule has 1 saturated heterocycles. The third-order valence-electron chi connectivity index (χ3n) is 4.61. The molecule has 0 spiro atoms. The molecule has 4 nitrogen and oxygen atoms in total. The summed E-state index contributed by atoms with van der Waals surface area (Å²) >= 11 is 3.39. The van der Waals surface area contributed by atoms with E-state index in [0.29, 0.717) is 11.6 Å². The van der Waals surface area contributed by atoms with Crippen LogP contribution in [0.25, 0.3) is 5.65 Å². The lowest BCUT2D eigenvalue weighted by molar-refractivity contribution is 0.322. The quantitative estimate of drug-likeness (QED) is 0.694. The molecule has 1 aliphatic heterocycles. The predicted octanol–water partition coefficient (Wildman–Crippen LogP) is 3.45. The smallest absolute Gasteiger partial charge is 0.258 e. The molecule has 2 aromatic heterocycles. The predicted molar refractivity (Wildman–Crippen MR) is 98.2 cm³/mol. The average molecular weight is 384 g/mol. The first-order valence-electron chi connectivity index (χ1n) is 8.14. The second kappa shape index (κ2) is 6.49. The zero-order chi connectivity index (χ0) is 16.5. The van der Waals surface area contributed by atoms with Crippen molar-refractivity contribution < 1.29 is 0 Å². The van der Waals surface area contributed by atoms with E-state index >= 15 is 0 Å². The topological polar surface area (TPSA) is 37.6 Å². The summed E-state index contributed by atoms with van der Waals surface area (Å²) in [6.45, 7) is 2.79. The van der Waals surface area contributed by atoms with E-state index in [1.54, 1.807) is 16.7 Å². The minimum Gasteiger partial charge on any atom is -0.297 e. The molecule has 0 saturated carbocycles. The Labute approximate surface area is 148 Å². The summed E-state index contributed by atoms with van der Waals surface area (Å²) < 4.78 is 2.45. The highest BCUT2D eigenvalue weighted by atomic mass is 79.9. The number of likely N-dealkylation sites (tertiary alicyclic amines) is 1. The van der Waals surface area contributed by atoms with Gasteiger partial charge in [-0.1, -0.05) is 30.3 Å². The molecule has 1 unspecified atom stereocenters. The largest absolute Gasteiger partial charge is 0.297 e. The van der Waals surface area contributed by atoms with Crippen LogP contribution in [0.1, 0.15) is 23.6 Å². The molecule has 1 fully saturated rings. The van der Waals surface area contributed by atoms with Gasteiger partial charge in [0.1, 0.15) is 5.65 Å². The van der Waals surface area contributed by atoms with Crippen molar-refractivity contribution in [3.63, 3.8) is 0 Å². The minimum atomic E-state index is -0.0323. The molecule has 122 valence electrons. The summed E-state index contributed by atoms with van der Waals surface area (Å²) in [5, 5.41) is 0. The molecule has 1 aliphatic rings. The Morgan fingerprint density at radius 3 is 2.83 bits per heavy atom. The third kappa shape index (κ3) is 3.14. The van der Waals surface area contributed by atoms with Crippen LogP contribution in [0, 0.1) is 0 Å². The fraction of sp³-hybridized carbons (Fsp3) is 0.263. The summed E-state index contributed by atoms with van der Waals surface area (Å²) in [6, 6.07) is 16.1. The van der Waals surface area contributed by atoms with Gasteiger partial charge in [-0.05, 0) is 52.5 Å². The van der Waals surface area contributed by atoms with Crippen molar-refractivity contribution >= 4 is 21.6 Å². The van der Waals surface area contributed by atoms with Crippen LogP contribution in [0.3, 0.4) is 0 Å². The van der Waals surface area contributed by atoms with Crippen molar-refractivity contribution in [2.45, 2.75) is 18.9 Å². The van der Waals surface area contributed by atoms with Gasteiger partial charge < -0.3 is 0 Å². The number of hydrogen-bond acceptors (Lipinski definition) is 3. The second-order valence-electron chi connectivity index (χ2n) is 6.29. The van der Waals surface area contributed by atoms with E-state index in [2.05, 4.69) is 56.1 Å². The monoisotopic (exact) mass is 383 g/mol. The molecule has 4 rings (SSSR count). The number of fused-ring (bicyclic) bond motifs is 1. The van der Waals surface area contributed by atoms with Gasteiger partial charge in [0.15, 0.2) is 0 Å². The van der Waals surface area contributed by atoms with Crippen LogP contribution in [0.5, 0.6) is 0 Å². The number of hydrogen-bond donors (Lipinski definition) is 0. The lowest BCUT2D eigenvalue weighted by Gasteiger charge is -2.16. The summed E-state index contributed by atoms with van der Waals surface area (Å²) in [5.41, 5.74) is 2.90. The molecule has 1 aromatic carbocycles. The lowest BCUT2D eigenvalue weighted by atomic mass is 9.99. The summed E-state index contributed by atoms with van der Waals surface area (Å²) in [6.07, 6.45) is 2.92. The van der Waals surface area contributed by atoms with Gasteiger partial charge in [-0.25, -0.2) is 4.98 Å². The van der Waals surface area contributed by atoms with E-state index < -0.39 is 0 Å². The van der Waals surface area contributed by atoms with Crippen LogP contribution in [0.4, 0.5) is 0 Å². The van der Waals surface area contributed by atoms with Crippen molar-refractivity contribution in [3.05, 3.63) is 80.8 Å². The molecular weight excluding hydrogens is 366 g/mol. The Bertz CT molecular complexity index is 923. The number of halogens is 1. The number of rotatable bonds is 3. The molecule has 3 heterocycles. The molecule has 0 aliphatic carbocycles.